The highest BCUT2D eigenvalue weighted by molar-refractivity contribution is 7.18. The molecule has 152 valence electrons. The molecule has 3 aromatic carbocycles. The van der Waals surface area contributed by atoms with E-state index < -0.39 is 0 Å². The Bertz CT molecular complexity index is 1350. The van der Waals surface area contributed by atoms with Crippen molar-refractivity contribution in [3.05, 3.63) is 113 Å². The molecule has 2 nitrogen and oxygen atoms in total. The average molecular weight is 422 g/mol. The molecule has 4 aromatic rings. The van der Waals surface area contributed by atoms with Gasteiger partial charge in [0.05, 0.1) is 0 Å². The van der Waals surface area contributed by atoms with Crippen molar-refractivity contribution in [2.75, 3.05) is 11.9 Å². The topological polar surface area (TPSA) is 7.12 Å². The number of fused-ring (bicyclic) bond motifs is 2. The summed E-state index contributed by atoms with van der Waals surface area (Å²) in [5.74, 6) is 0. The molecule has 31 heavy (non-hydrogen) atoms. The van der Waals surface area contributed by atoms with Gasteiger partial charge in [0.2, 0.25) is 5.52 Å². The van der Waals surface area contributed by atoms with E-state index in [-0.39, 0.29) is 0 Å². The summed E-state index contributed by atoms with van der Waals surface area (Å²) >= 11 is 1.83. The number of hydrogen-bond acceptors (Lipinski definition) is 2. The molecule has 0 N–H and O–H groups in total. The molecule has 0 unspecified atom stereocenters. The maximum Gasteiger partial charge on any atom is 0.263 e. The van der Waals surface area contributed by atoms with Gasteiger partial charge in [-0.3, -0.25) is 0 Å². The number of para-hydroxylation sites is 2. The summed E-state index contributed by atoms with van der Waals surface area (Å²) in [5, 5.41) is 1.24. The van der Waals surface area contributed by atoms with Gasteiger partial charge in [0, 0.05) is 36.6 Å². The molecule has 0 amide bonds. The predicted molar refractivity (Wildman–Crippen MR) is 134 cm³/mol. The van der Waals surface area contributed by atoms with Crippen LogP contribution < -0.4 is 9.47 Å². The number of aryl methyl sites for hydroxylation is 2. The van der Waals surface area contributed by atoms with Gasteiger partial charge in [0.15, 0.2) is 0 Å². The van der Waals surface area contributed by atoms with Crippen molar-refractivity contribution < 1.29 is 4.57 Å². The van der Waals surface area contributed by atoms with Crippen molar-refractivity contribution in [2.45, 2.75) is 6.92 Å². The molecule has 1 aromatic heterocycles. The summed E-state index contributed by atoms with van der Waals surface area (Å²) in [4.78, 5) is 2.17. The first-order chi connectivity index (χ1) is 15.1. The van der Waals surface area contributed by atoms with E-state index in [1.807, 2.05) is 11.3 Å². The van der Waals surface area contributed by atoms with Gasteiger partial charge in [-0.15, -0.1) is 0 Å². The normalized spacial score (nSPS) is 15.0. The summed E-state index contributed by atoms with van der Waals surface area (Å²) in [7, 11) is 4.25. The van der Waals surface area contributed by atoms with E-state index in [2.05, 4.69) is 128 Å². The summed E-state index contributed by atoms with van der Waals surface area (Å²) in [6.45, 7) is 2.13. The fourth-order valence-corrected chi connectivity index (χ4v) is 5.12. The summed E-state index contributed by atoms with van der Waals surface area (Å²) in [6.07, 6.45) is 8.98. The van der Waals surface area contributed by atoms with E-state index in [0.717, 1.165) is 0 Å². The van der Waals surface area contributed by atoms with Gasteiger partial charge in [0.25, 0.3) is 5.01 Å². The van der Waals surface area contributed by atoms with E-state index in [0.29, 0.717) is 0 Å². The lowest BCUT2D eigenvalue weighted by Crippen LogP contribution is -2.28. The van der Waals surface area contributed by atoms with E-state index in [1.165, 1.54) is 48.7 Å². The maximum absolute atomic E-state index is 2.32. The van der Waals surface area contributed by atoms with Crippen molar-refractivity contribution in [3.8, 4) is 0 Å². The zero-order valence-corrected chi connectivity index (χ0v) is 18.9. The molecule has 0 radical (unpaired) electrons. The van der Waals surface area contributed by atoms with Crippen molar-refractivity contribution in [1.82, 2.24) is 0 Å². The van der Waals surface area contributed by atoms with Gasteiger partial charge in [-0.1, -0.05) is 71.5 Å². The Morgan fingerprint density at radius 1 is 0.935 bits per heavy atom. The average Bonchev–Trinajstić information content (AvgIpc) is 3.11. The molecule has 1 aliphatic heterocycles. The minimum Gasteiger partial charge on any atom is -0.351 e. The number of nitrogens with zero attached hydrogens (tertiary/aromatic N) is 2. The van der Waals surface area contributed by atoms with Gasteiger partial charge in [0.1, 0.15) is 11.7 Å². The third-order valence-electron chi connectivity index (χ3n) is 5.82. The van der Waals surface area contributed by atoms with Crippen molar-refractivity contribution in [2.24, 2.45) is 7.05 Å². The second kappa shape index (κ2) is 8.01. The van der Waals surface area contributed by atoms with Gasteiger partial charge in [-0.25, -0.2) is 0 Å². The fraction of sp³-hybridized carbons (Fsp3) is 0.107. The molecule has 0 spiro atoms. The number of thiazole rings is 1. The molecule has 3 heteroatoms. The molecule has 0 bridgehead atoms. The summed E-state index contributed by atoms with van der Waals surface area (Å²) < 4.78 is 3.59. The number of aromatic nitrogens is 1. The van der Waals surface area contributed by atoms with Gasteiger partial charge < -0.3 is 4.90 Å². The molecular formula is C28H25N2S+. The number of benzene rings is 3. The molecule has 0 saturated carbocycles. The zero-order valence-electron chi connectivity index (χ0n) is 18.0. The second-order valence-corrected chi connectivity index (χ2v) is 9.04. The molecule has 1 aliphatic rings. The zero-order chi connectivity index (χ0) is 21.4. The van der Waals surface area contributed by atoms with Gasteiger partial charge in [-0.05, 0) is 47.9 Å². The Morgan fingerprint density at radius 2 is 1.68 bits per heavy atom. The van der Waals surface area contributed by atoms with Gasteiger partial charge in [-0.2, -0.15) is 4.57 Å². The van der Waals surface area contributed by atoms with E-state index in [4.69, 9.17) is 0 Å². The summed E-state index contributed by atoms with van der Waals surface area (Å²) in [5.41, 5.74) is 8.68. The second-order valence-electron chi connectivity index (χ2n) is 7.98. The molecule has 0 aliphatic carbocycles. The monoisotopic (exact) mass is 421 g/mol. The van der Waals surface area contributed by atoms with Crippen LogP contribution in [0.2, 0.25) is 0 Å². The lowest BCUT2D eigenvalue weighted by Gasteiger charge is -2.24. The van der Waals surface area contributed by atoms with Crippen LogP contribution in [0, 0.1) is 6.92 Å². The molecule has 0 saturated heterocycles. The number of allylic oxidation sites excluding steroid dienone is 4. The summed E-state index contributed by atoms with van der Waals surface area (Å²) in [6, 6.07) is 26.0. The standard InChI is InChI=1S/C28H25N2S/c1-20-12-14-21(15-13-20)23(19-28-30(3)26-10-6-7-11-27(26)31-28)18-22-16-17-29(2)25-9-5-4-8-24(22)25/h4-19H,1-3H3/q+1. The lowest BCUT2D eigenvalue weighted by molar-refractivity contribution is -0.642. The van der Waals surface area contributed by atoms with E-state index >= 15 is 0 Å². The smallest absolute Gasteiger partial charge is 0.263 e. The predicted octanol–water partition coefficient (Wildman–Crippen LogP) is 6.62. The minimum absolute atomic E-state index is 1.21. The number of anilines is 1. The number of hydrogen-bond donors (Lipinski definition) is 0. The third-order valence-corrected chi connectivity index (χ3v) is 6.99. The first kappa shape index (κ1) is 19.5. The van der Waals surface area contributed by atoms with Crippen LogP contribution in [-0.2, 0) is 7.05 Å². The Hall–Kier alpha value is -3.43. The Kier molecular flexibility index (Phi) is 5.05. The SMILES string of the molecule is Cc1ccc(C(=C\c2sc3ccccc3[n+]2C)/C=C2\C=CN(C)c3ccccc32)cc1. The van der Waals surface area contributed by atoms with Crippen molar-refractivity contribution >= 4 is 44.5 Å². The molecule has 0 atom stereocenters. The Balaban J connectivity index is 1.69. The van der Waals surface area contributed by atoms with Gasteiger partial charge >= 0.3 is 0 Å². The van der Waals surface area contributed by atoms with Crippen LogP contribution in [0.3, 0.4) is 0 Å². The van der Waals surface area contributed by atoms with Crippen LogP contribution in [0.25, 0.3) is 27.4 Å². The molecule has 2 heterocycles. The highest BCUT2D eigenvalue weighted by Gasteiger charge is 2.17. The lowest BCUT2D eigenvalue weighted by atomic mass is 9.95. The Labute approximate surface area is 187 Å². The van der Waals surface area contributed by atoms with Crippen molar-refractivity contribution in [1.29, 1.82) is 0 Å². The third kappa shape index (κ3) is 3.73. The van der Waals surface area contributed by atoms with E-state index in [1.54, 1.807) is 0 Å². The molecule has 0 fully saturated rings. The number of rotatable bonds is 3. The minimum atomic E-state index is 1.21. The highest BCUT2D eigenvalue weighted by atomic mass is 32.1. The fourth-order valence-electron chi connectivity index (χ4n) is 4.01. The van der Waals surface area contributed by atoms with Crippen molar-refractivity contribution in [3.63, 3.8) is 0 Å². The van der Waals surface area contributed by atoms with Crippen LogP contribution >= 0.6 is 11.3 Å². The maximum atomic E-state index is 2.32. The Morgan fingerprint density at radius 3 is 2.48 bits per heavy atom. The first-order valence-corrected chi connectivity index (χ1v) is 11.3. The van der Waals surface area contributed by atoms with Crippen LogP contribution in [0.1, 0.15) is 21.7 Å². The molecule has 5 rings (SSSR count). The van der Waals surface area contributed by atoms with Crippen LogP contribution in [0.4, 0.5) is 5.69 Å². The van der Waals surface area contributed by atoms with Crippen LogP contribution in [-0.4, -0.2) is 7.05 Å². The largest absolute Gasteiger partial charge is 0.351 e. The van der Waals surface area contributed by atoms with E-state index in [9.17, 15) is 0 Å². The first-order valence-electron chi connectivity index (χ1n) is 10.5. The quantitative estimate of drug-likeness (QED) is 0.337. The van der Waals surface area contributed by atoms with Crippen LogP contribution in [0.5, 0.6) is 0 Å². The molecular weight excluding hydrogens is 396 g/mol. The highest BCUT2D eigenvalue weighted by Crippen LogP contribution is 2.34. The van der Waals surface area contributed by atoms with Crippen LogP contribution in [0.15, 0.2) is 91.1 Å².